The van der Waals surface area contributed by atoms with Gasteiger partial charge in [-0.05, 0) is 38.1 Å². The van der Waals surface area contributed by atoms with Gasteiger partial charge in [-0.1, -0.05) is 18.2 Å². The topological polar surface area (TPSA) is 18.5 Å². The van der Waals surface area contributed by atoms with Crippen molar-refractivity contribution in [2.75, 3.05) is 44.2 Å². The number of piperidine rings is 1. The lowest BCUT2D eigenvalue weighted by molar-refractivity contribution is 0.153. The quantitative estimate of drug-likeness (QED) is 0.853. The highest BCUT2D eigenvalue weighted by Crippen LogP contribution is 2.19. The van der Waals surface area contributed by atoms with Gasteiger partial charge in [0, 0.05) is 37.9 Å². The van der Waals surface area contributed by atoms with Gasteiger partial charge >= 0.3 is 0 Å². The first kappa shape index (κ1) is 12.0. The first-order valence-electron chi connectivity index (χ1n) is 7.18. The molecule has 2 aliphatic rings. The minimum atomic E-state index is 0.823. The lowest BCUT2D eigenvalue weighted by Crippen LogP contribution is -2.52. The van der Waals surface area contributed by atoms with Crippen LogP contribution in [0.4, 0.5) is 5.69 Å². The normalized spacial score (nSPS) is 23.2. The Bertz CT molecular complexity index is 351. The molecule has 0 bridgehead atoms. The largest absolute Gasteiger partial charge is 0.369 e. The van der Waals surface area contributed by atoms with E-state index in [1.165, 1.54) is 57.8 Å². The van der Waals surface area contributed by atoms with Gasteiger partial charge in [-0.15, -0.1) is 0 Å². The highest BCUT2D eigenvalue weighted by molar-refractivity contribution is 5.46. The maximum absolute atomic E-state index is 3.45. The molecule has 0 unspecified atom stereocenters. The van der Waals surface area contributed by atoms with E-state index in [-0.39, 0.29) is 0 Å². The molecule has 0 aliphatic carbocycles. The Hall–Kier alpha value is -1.06. The molecule has 0 spiro atoms. The van der Waals surface area contributed by atoms with Crippen molar-refractivity contribution in [3.05, 3.63) is 30.3 Å². The molecule has 2 aliphatic heterocycles. The molecule has 0 aromatic heterocycles. The monoisotopic (exact) mass is 245 g/mol. The highest BCUT2D eigenvalue weighted by atomic mass is 15.3. The predicted octanol–water partition coefficient (Wildman–Crippen LogP) is 1.56. The highest BCUT2D eigenvalue weighted by Gasteiger charge is 2.24. The third-order valence-corrected chi connectivity index (χ3v) is 4.26. The van der Waals surface area contributed by atoms with Crippen LogP contribution < -0.4 is 10.2 Å². The van der Waals surface area contributed by atoms with Crippen LogP contribution in [0.2, 0.25) is 0 Å². The summed E-state index contributed by atoms with van der Waals surface area (Å²) in [6.45, 7) is 7.19. The molecule has 0 saturated carbocycles. The molecule has 0 radical (unpaired) electrons. The smallest absolute Gasteiger partial charge is 0.0367 e. The van der Waals surface area contributed by atoms with Crippen molar-refractivity contribution in [3.63, 3.8) is 0 Å². The van der Waals surface area contributed by atoms with E-state index in [0.29, 0.717) is 0 Å². The van der Waals surface area contributed by atoms with E-state index in [2.05, 4.69) is 45.4 Å². The minimum Gasteiger partial charge on any atom is -0.369 e. The summed E-state index contributed by atoms with van der Waals surface area (Å²) in [4.78, 5) is 5.21. The zero-order chi connectivity index (χ0) is 12.2. The van der Waals surface area contributed by atoms with Gasteiger partial charge in [0.1, 0.15) is 0 Å². The summed E-state index contributed by atoms with van der Waals surface area (Å²) in [6, 6.07) is 11.6. The first-order valence-corrected chi connectivity index (χ1v) is 7.18. The maximum Gasteiger partial charge on any atom is 0.0367 e. The molecule has 18 heavy (non-hydrogen) atoms. The Morgan fingerprint density at radius 2 is 1.56 bits per heavy atom. The molecular weight excluding hydrogens is 222 g/mol. The molecule has 3 rings (SSSR count). The van der Waals surface area contributed by atoms with Crippen molar-refractivity contribution in [1.82, 2.24) is 10.2 Å². The van der Waals surface area contributed by atoms with Gasteiger partial charge in [0.05, 0.1) is 0 Å². The SMILES string of the molecule is c1ccc(N2CCN(C3CCNCC3)CC2)cc1. The standard InChI is InChI=1S/C15H23N3/c1-2-4-14(5-3-1)17-10-12-18(13-11-17)15-6-8-16-9-7-15/h1-5,15-16H,6-13H2. The summed E-state index contributed by atoms with van der Waals surface area (Å²) in [5.74, 6) is 0. The van der Waals surface area contributed by atoms with Crippen molar-refractivity contribution in [2.24, 2.45) is 0 Å². The molecule has 0 atom stereocenters. The lowest BCUT2D eigenvalue weighted by Gasteiger charge is -2.41. The van der Waals surface area contributed by atoms with Gasteiger partial charge < -0.3 is 10.2 Å². The Balaban J connectivity index is 1.54. The van der Waals surface area contributed by atoms with E-state index in [4.69, 9.17) is 0 Å². The predicted molar refractivity (Wildman–Crippen MR) is 76.1 cm³/mol. The van der Waals surface area contributed by atoms with E-state index in [0.717, 1.165) is 6.04 Å². The fourth-order valence-corrected chi connectivity index (χ4v) is 3.16. The van der Waals surface area contributed by atoms with Crippen LogP contribution in [0.5, 0.6) is 0 Å². The summed E-state index contributed by atoms with van der Waals surface area (Å²) < 4.78 is 0. The van der Waals surface area contributed by atoms with Gasteiger partial charge in [-0.25, -0.2) is 0 Å². The number of para-hydroxylation sites is 1. The molecule has 3 heteroatoms. The van der Waals surface area contributed by atoms with Crippen LogP contribution in [0.15, 0.2) is 30.3 Å². The van der Waals surface area contributed by atoms with E-state index in [1.54, 1.807) is 0 Å². The van der Waals surface area contributed by atoms with Crippen LogP contribution in [-0.2, 0) is 0 Å². The number of anilines is 1. The fraction of sp³-hybridized carbons (Fsp3) is 0.600. The number of benzene rings is 1. The van der Waals surface area contributed by atoms with Crippen LogP contribution in [0.1, 0.15) is 12.8 Å². The maximum atomic E-state index is 3.45. The molecule has 3 nitrogen and oxygen atoms in total. The third-order valence-electron chi connectivity index (χ3n) is 4.26. The second kappa shape index (κ2) is 5.72. The Morgan fingerprint density at radius 1 is 0.889 bits per heavy atom. The van der Waals surface area contributed by atoms with E-state index >= 15 is 0 Å². The summed E-state index contributed by atoms with van der Waals surface area (Å²) in [7, 11) is 0. The summed E-state index contributed by atoms with van der Waals surface area (Å²) in [6.07, 6.45) is 2.65. The van der Waals surface area contributed by atoms with Crippen molar-refractivity contribution in [1.29, 1.82) is 0 Å². The van der Waals surface area contributed by atoms with E-state index in [9.17, 15) is 0 Å². The number of piperazine rings is 1. The number of nitrogens with one attached hydrogen (secondary N) is 1. The molecule has 1 N–H and O–H groups in total. The van der Waals surface area contributed by atoms with E-state index < -0.39 is 0 Å². The van der Waals surface area contributed by atoms with Crippen molar-refractivity contribution >= 4 is 5.69 Å². The van der Waals surface area contributed by atoms with Crippen molar-refractivity contribution < 1.29 is 0 Å². The molecule has 1 aromatic rings. The summed E-state index contributed by atoms with van der Waals surface area (Å²) >= 11 is 0. The molecule has 2 fully saturated rings. The van der Waals surface area contributed by atoms with Gasteiger partial charge in [-0.2, -0.15) is 0 Å². The van der Waals surface area contributed by atoms with Crippen molar-refractivity contribution in [3.8, 4) is 0 Å². The fourth-order valence-electron chi connectivity index (χ4n) is 3.16. The minimum absolute atomic E-state index is 0.823. The zero-order valence-electron chi connectivity index (χ0n) is 11.0. The molecule has 2 saturated heterocycles. The Kier molecular flexibility index (Phi) is 3.81. The average Bonchev–Trinajstić information content (AvgIpc) is 2.49. The first-order chi connectivity index (χ1) is 8.93. The molecule has 98 valence electrons. The second-order valence-corrected chi connectivity index (χ2v) is 5.34. The molecule has 0 amide bonds. The van der Waals surface area contributed by atoms with Crippen LogP contribution in [0, 0.1) is 0 Å². The molecular formula is C15H23N3. The average molecular weight is 245 g/mol. The molecule has 2 heterocycles. The third kappa shape index (κ3) is 2.68. The Morgan fingerprint density at radius 3 is 2.22 bits per heavy atom. The van der Waals surface area contributed by atoms with Crippen LogP contribution in [-0.4, -0.2) is 50.2 Å². The van der Waals surface area contributed by atoms with Crippen molar-refractivity contribution in [2.45, 2.75) is 18.9 Å². The number of hydrogen-bond acceptors (Lipinski definition) is 3. The van der Waals surface area contributed by atoms with Gasteiger partial charge in [-0.3, -0.25) is 4.90 Å². The van der Waals surface area contributed by atoms with Crippen LogP contribution in [0.3, 0.4) is 0 Å². The number of nitrogens with zero attached hydrogens (tertiary/aromatic N) is 2. The summed E-state index contributed by atoms with van der Waals surface area (Å²) in [5.41, 5.74) is 1.38. The second-order valence-electron chi connectivity index (χ2n) is 5.34. The number of rotatable bonds is 2. The van der Waals surface area contributed by atoms with Crippen LogP contribution >= 0.6 is 0 Å². The zero-order valence-corrected chi connectivity index (χ0v) is 11.0. The van der Waals surface area contributed by atoms with Gasteiger partial charge in [0.2, 0.25) is 0 Å². The molecule has 1 aromatic carbocycles. The number of hydrogen-bond donors (Lipinski definition) is 1. The lowest BCUT2D eigenvalue weighted by atomic mass is 10.0. The van der Waals surface area contributed by atoms with E-state index in [1.807, 2.05) is 0 Å². The van der Waals surface area contributed by atoms with Gasteiger partial charge in [0.15, 0.2) is 0 Å². The summed E-state index contributed by atoms with van der Waals surface area (Å²) in [5, 5.41) is 3.45. The van der Waals surface area contributed by atoms with Crippen LogP contribution in [0.25, 0.3) is 0 Å². The Labute approximate surface area is 110 Å². The van der Waals surface area contributed by atoms with Gasteiger partial charge in [0.25, 0.3) is 0 Å².